The van der Waals surface area contributed by atoms with Crippen LogP contribution in [0.5, 0.6) is 11.5 Å². The molecule has 0 heterocycles. The fourth-order valence-electron chi connectivity index (χ4n) is 2.17. The SMILES string of the molecule is C=CCSc1ccccc1C(=O)N[C@H](C)COc1ccc(OC)cc1. The molecule has 1 N–H and O–H groups in total. The number of thioether (sulfide) groups is 1. The molecule has 0 fully saturated rings. The highest BCUT2D eigenvalue weighted by atomic mass is 32.2. The highest BCUT2D eigenvalue weighted by molar-refractivity contribution is 7.99. The number of amides is 1. The molecule has 0 saturated carbocycles. The maximum absolute atomic E-state index is 12.5. The molecule has 0 saturated heterocycles. The smallest absolute Gasteiger partial charge is 0.252 e. The molecule has 25 heavy (non-hydrogen) atoms. The molecule has 1 amide bonds. The third-order valence-corrected chi connectivity index (χ3v) is 4.49. The van der Waals surface area contributed by atoms with Gasteiger partial charge in [-0.1, -0.05) is 18.2 Å². The zero-order valence-corrected chi connectivity index (χ0v) is 15.3. The Morgan fingerprint density at radius 2 is 1.88 bits per heavy atom. The third kappa shape index (κ3) is 5.87. The lowest BCUT2D eigenvalue weighted by Gasteiger charge is -2.16. The minimum atomic E-state index is -0.118. The van der Waals surface area contributed by atoms with Crippen LogP contribution in [0.3, 0.4) is 0 Å². The van der Waals surface area contributed by atoms with Crippen molar-refractivity contribution in [3.8, 4) is 11.5 Å². The van der Waals surface area contributed by atoms with Crippen LogP contribution in [0.4, 0.5) is 0 Å². The summed E-state index contributed by atoms with van der Waals surface area (Å²) in [6.45, 7) is 6.02. The van der Waals surface area contributed by atoms with Gasteiger partial charge in [-0.3, -0.25) is 4.79 Å². The van der Waals surface area contributed by atoms with E-state index in [0.29, 0.717) is 12.2 Å². The van der Waals surface area contributed by atoms with Gasteiger partial charge in [0, 0.05) is 10.6 Å². The quantitative estimate of drug-likeness (QED) is 0.540. The molecule has 0 aliphatic rings. The van der Waals surface area contributed by atoms with Gasteiger partial charge in [0.1, 0.15) is 18.1 Å². The second-order valence-electron chi connectivity index (χ2n) is 5.46. The first-order chi connectivity index (χ1) is 12.1. The maximum Gasteiger partial charge on any atom is 0.252 e. The zero-order valence-electron chi connectivity index (χ0n) is 14.5. The van der Waals surface area contributed by atoms with E-state index in [0.717, 1.165) is 22.1 Å². The van der Waals surface area contributed by atoms with Gasteiger partial charge in [0.25, 0.3) is 5.91 Å². The van der Waals surface area contributed by atoms with Gasteiger partial charge < -0.3 is 14.8 Å². The topological polar surface area (TPSA) is 47.6 Å². The molecule has 2 aromatic carbocycles. The largest absolute Gasteiger partial charge is 0.497 e. The second-order valence-corrected chi connectivity index (χ2v) is 6.52. The van der Waals surface area contributed by atoms with Crippen LogP contribution < -0.4 is 14.8 Å². The number of benzene rings is 2. The molecular formula is C20H23NO3S. The van der Waals surface area contributed by atoms with E-state index < -0.39 is 0 Å². The van der Waals surface area contributed by atoms with Crippen molar-refractivity contribution in [1.82, 2.24) is 5.32 Å². The standard InChI is InChI=1S/C20H23NO3S/c1-4-13-25-19-8-6-5-7-18(19)20(22)21-15(2)14-24-17-11-9-16(23-3)10-12-17/h4-12,15H,1,13-14H2,2-3H3,(H,21,22)/t15-/m1/s1. The van der Waals surface area contributed by atoms with Crippen LogP contribution in [-0.2, 0) is 0 Å². The van der Waals surface area contributed by atoms with E-state index in [9.17, 15) is 4.79 Å². The molecule has 4 nitrogen and oxygen atoms in total. The first-order valence-corrected chi connectivity index (χ1v) is 9.03. The summed E-state index contributed by atoms with van der Waals surface area (Å²) in [6, 6.07) is 14.8. The van der Waals surface area contributed by atoms with Crippen molar-refractivity contribution >= 4 is 17.7 Å². The van der Waals surface area contributed by atoms with Crippen molar-refractivity contribution in [2.75, 3.05) is 19.5 Å². The highest BCUT2D eigenvalue weighted by Crippen LogP contribution is 2.22. The average Bonchev–Trinajstić information content (AvgIpc) is 2.65. The number of ether oxygens (including phenoxy) is 2. The number of hydrogen-bond donors (Lipinski definition) is 1. The predicted octanol–water partition coefficient (Wildman–Crippen LogP) is 4.17. The van der Waals surface area contributed by atoms with Crippen molar-refractivity contribution in [1.29, 1.82) is 0 Å². The van der Waals surface area contributed by atoms with Crippen LogP contribution in [0, 0.1) is 0 Å². The van der Waals surface area contributed by atoms with Crippen molar-refractivity contribution in [2.24, 2.45) is 0 Å². The lowest BCUT2D eigenvalue weighted by Crippen LogP contribution is -2.37. The molecule has 0 spiro atoms. The molecule has 2 aromatic rings. The number of carbonyl (C=O) groups is 1. The summed E-state index contributed by atoms with van der Waals surface area (Å²) >= 11 is 1.59. The summed E-state index contributed by atoms with van der Waals surface area (Å²) in [6.07, 6.45) is 1.82. The molecule has 0 aliphatic heterocycles. The van der Waals surface area contributed by atoms with Gasteiger partial charge >= 0.3 is 0 Å². The summed E-state index contributed by atoms with van der Waals surface area (Å²) < 4.78 is 10.8. The molecule has 0 radical (unpaired) electrons. The fourth-order valence-corrected chi connectivity index (χ4v) is 2.95. The van der Waals surface area contributed by atoms with E-state index in [4.69, 9.17) is 9.47 Å². The van der Waals surface area contributed by atoms with E-state index in [2.05, 4.69) is 11.9 Å². The first kappa shape index (κ1) is 18.9. The average molecular weight is 357 g/mol. The molecule has 0 bridgehead atoms. The van der Waals surface area contributed by atoms with Gasteiger partial charge in [-0.2, -0.15) is 0 Å². The molecule has 0 aromatic heterocycles. The minimum Gasteiger partial charge on any atom is -0.497 e. The Hall–Kier alpha value is -2.40. The number of nitrogens with one attached hydrogen (secondary N) is 1. The summed E-state index contributed by atoms with van der Waals surface area (Å²) in [5.41, 5.74) is 0.672. The lowest BCUT2D eigenvalue weighted by molar-refractivity contribution is 0.0923. The number of methoxy groups -OCH3 is 1. The number of carbonyl (C=O) groups excluding carboxylic acids is 1. The number of rotatable bonds is 9. The minimum absolute atomic E-state index is 0.0991. The summed E-state index contributed by atoms with van der Waals surface area (Å²) in [7, 11) is 1.62. The van der Waals surface area contributed by atoms with Crippen LogP contribution in [0.2, 0.25) is 0 Å². The summed E-state index contributed by atoms with van der Waals surface area (Å²) in [5.74, 6) is 2.18. The lowest BCUT2D eigenvalue weighted by atomic mass is 10.2. The molecule has 1 atom stereocenters. The Labute approximate surface area is 153 Å². The molecular weight excluding hydrogens is 334 g/mol. The number of hydrogen-bond acceptors (Lipinski definition) is 4. The normalized spacial score (nSPS) is 11.4. The monoisotopic (exact) mass is 357 g/mol. The van der Waals surface area contributed by atoms with Gasteiger partial charge in [0.2, 0.25) is 0 Å². The van der Waals surface area contributed by atoms with Crippen molar-refractivity contribution in [2.45, 2.75) is 17.9 Å². The van der Waals surface area contributed by atoms with Crippen LogP contribution >= 0.6 is 11.8 Å². The van der Waals surface area contributed by atoms with Crippen molar-refractivity contribution in [3.05, 3.63) is 66.7 Å². The summed E-state index contributed by atoms with van der Waals surface area (Å²) in [5, 5.41) is 2.98. The van der Waals surface area contributed by atoms with Gasteiger partial charge in [0.15, 0.2) is 0 Å². The molecule has 0 unspecified atom stereocenters. The van der Waals surface area contributed by atoms with Gasteiger partial charge in [-0.15, -0.1) is 18.3 Å². The third-order valence-electron chi connectivity index (χ3n) is 3.43. The van der Waals surface area contributed by atoms with Gasteiger partial charge in [-0.25, -0.2) is 0 Å². The van der Waals surface area contributed by atoms with Crippen molar-refractivity contribution in [3.63, 3.8) is 0 Å². The van der Waals surface area contributed by atoms with Crippen LogP contribution in [0.25, 0.3) is 0 Å². The molecule has 5 heteroatoms. The Balaban J connectivity index is 1.90. The Morgan fingerprint density at radius 3 is 2.56 bits per heavy atom. The molecule has 0 aliphatic carbocycles. The second kappa shape index (κ2) is 9.79. The van der Waals surface area contributed by atoms with E-state index >= 15 is 0 Å². The Kier molecular flexibility index (Phi) is 7.41. The van der Waals surface area contributed by atoms with Crippen LogP contribution in [0.15, 0.2) is 66.1 Å². The maximum atomic E-state index is 12.5. The van der Waals surface area contributed by atoms with Crippen LogP contribution in [0.1, 0.15) is 17.3 Å². The van der Waals surface area contributed by atoms with E-state index in [1.165, 1.54) is 0 Å². The first-order valence-electron chi connectivity index (χ1n) is 8.04. The molecule has 2 rings (SSSR count). The van der Waals surface area contributed by atoms with Gasteiger partial charge in [0.05, 0.1) is 18.7 Å². The zero-order chi connectivity index (χ0) is 18.1. The summed E-state index contributed by atoms with van der Waals surface area (Å²) in [4.78, 5) is 13.5. The Bertz CT molecular complexity index is 700. The highest BCUT2D eigenvalue weighted by Gasteiger charge is 2.14. The van der Waals surface area contributed by atoms with Crippen molar-refractivity contribution < 1.29 is 14.3 Å². The van der Waals surface area contributed by atoms with E-state index in [1.807, 2.05) is 61.5 Å². The van der Waals surface area contributed by atoms with E-state index in [1.54, 1.807) is 18.9 Å². The fraction of sp³-hybridized carbons (Fsp3) is 0.250. The molecule has 132 valence electrons. The predicted molar refractivity (Wildman–Crippen MR) is 103 cm³/mol. The Morgan fingerprint density at radius 1 is 1.20 bits per heavy atom. The van der Waals surface area contributed by atoms with Gasteiger partial charge in [-0.05, 0) is 43.3 Å². The van der Waals surface area contributed by atoms with E-state index in [-0.39, 0.29) is 11.9 Å². The van der Waals surface area contributed by atoms with Crippen LogP contribution in [-0.4, -0.2) is 31.4 Å².